The van der Waals surface area contributed by atoms with Gasteiger partial charge in [0.05, 0.1) is 0 Å². The molecule has 0 fully saturated rings. The second kappa shape index (κ2) is 15.2. The Labute approximate surface area is 360 Å². The van der Waals surface area contributed by atoms with E-state index in [0.29, 0.717) is 0 Å². The van der Waals surface area contributed by atoms with Gasteiger partial charge in [0.2, 0.25) is 0 Å². The van der Waals surface area contributed by atoms with E-state index in [4.69, 9.17) is 17.7 Å². The molecule has 2 aliphatic carbocycles. The molecule has 4 aromatic rings. The molecular weight excluding hydrogens is 889 g/mol. The van der Waals surface area contributed by atoms with E-state index in [2.05, 4.69) is 225 Å². The minimum Gasteiger partial charge on any atom is -0.405 e. The molecule has 10 heteroatoms. The van der Waals surface area contributed by atoms with Gasteiger partial charge < -0.3 is 17.7 Å². The molecule has 4 atom stereocenters. The van der Waals surface area contributed by atoms with E-state index in [1.54, 1.807) is 0 Å². The molecule has 0 aromatic heterocycles. The predicted octanol–water partition coefficient (Wildman–Crippen LogP) is 15.1. The summed E-state index contributed by atoms with van der Waals surface area (Å²) in [6.07, 6.45) is 0. The van der Waals surface area contributed by atoms with Crippen molar-refractivity contribution in [2.45, 2.75) is 143 Å². The lowest BCUT2D eigenvalue weighted by Gasteiger charge is -2.55. The van der Waals surface area contributed by atoms with Gasteiger partial charge in [-0.1, -0.05) is 91.5 Å². The second-order valence-corrected chi connectivity index (χ2v) is 40.0. The molecule has 0 aliphatic heterocycles. The van der Waals surface area contributed by atoms with Crippen LogP contribution in [0.4, 0.5) is 0 Å². The van der Waals surface area contributed by atoms with Gasteiger partial charge in [0, 0.05) is 8.95 Å². The molecule has 0 spiro atoms. The van der Waals surface area contributed by atoms with Crippen LogP contribution >= 0.6 is 31.9 Å². The molecule has 0 bridgehead atoms. The number of fused-ring (bicyclic) bond motifs is 6. The zero-order valence-corrected chi connectivity index (χ0v) is 44.5. The first kappa shape index (κ1) is 45.6. The lowest BCUT2D eigenvalue weighted by molar-refractivity contribution is -0.120. The largest absolute Gasteiger partial charge is 0.405 e. The number of benzene rings is 4. The summed E-state index contributed by atoms with van der Waals surface area (Å²) in [6, 6.07) is 26.6. The molecule has 0 radical (unpaired) electrons. The van der Waals surface area contributed by atoms with E-state index in [1.807, 2.05) is 0 Å². The van der Waals surface area contributed by atoms with Crippen LogP contribution in [0.25, 0.3) is 22.3 Å². The van der Waals surface area contributed by atoms with Gasteiger partial charge in [-0.2, -0.15) is 0 Å². The lowest BCUT2D eigenvalue weighted by atomic mass is 9.66. The van der Waals surface area contributed by atoms with E-state index >= 15 is 0 Å². The smallest absolute Gasteiger partial charge is 0.185 e. The molecule has 0 saturated heterocycles. The molecule has 4 nitrogen and oxygen atoms in total. The fraction of sp³-hybridized carbons (Fsp3) is 0.478. The van der Waals surface area contributed by atoms with Crippen molar-refractivity contribution in [3.63, 3.8) is 0 Å². The summed E-state index contributed by atoms with van der Waals surface area (Å²) in [6.45, 7) is 40.4. The Hall–Kier alpha value is -1.45. The SMILES string of the molecule is CC1(O[Si](C)(C)C)c2cc(Br)ccc2-c2ccc(Br)cc2C1(C)O[Si](C)(C)C.Cc1ccc2c(c1)C(C)(O[Si](C)(C)C)C(C)(O[Si](C)(C)C)c1cc(C)ccc1-2. The van der Waals surface area contributed by atoms with Gasteiger partial charge in [0.15, 0.2) is 33.3 Å². The van der Waals surface area contributed by atoms with Crippen molar-refractivity contribution in [2.75, 3.05) is 0 Å². The summed E-state index contributed by atoms with van der Waals surface area (Å²) >= 11 is 7.38. The van der Waals surface area contributed by atoms with E-state index in [-0.39, 0.29) is 0 Å². The molecular formula is C46H66Br2O4Si4. The first-order valence-electron chi connectivity index (χ1n) is 20.0. The normalized spacial score (nSPS) is 24.6. The Balaban J connectivity index is 0.000000214. The highest BCUT2D eigenvalue weighted by Gasteiger charge is 2.58. The van der Waals surface area contributed by atoms with Crippen LogP contribution < -0.4 is 0 Å². The summed E-state index contributed by atoms with van der Waals surface area (Å²) in [4.78, 5) is 0. The summed E-state index contributed by atoms with van der Waals surface area (Å²) in [5, 5.41) is 0. The minimum absolute atomic E-state index is 0.542. The van der Waals surface area contributed by atoms with Gasteiger partial charge in [-0.3, -0.25) is 0 Å². The Morgan fingerprint density at radius 3 is 0.804 bits per heavy atom. The van der Waals surface area contributed by atoms with Crippen molar-refractivity contribution in [2.24, 2.45) is 0 Å². The maximum absolute atomic E-state index is 7.04. The van der Waals surface area contributed by atoms with E-state index in [1.165, 1.54) is 55.6 Å². The van der Waals surface area contributed by atoms with Gasteiger partial charge in [0.1, 0.15) is 22.4 Å². The first-order chi connectivity index (χ1) is 25.3. The van der Waals surface area contributed by atoms with Crippen LogP contribution in [0.2, 0.25) is 78.6 Å². The Bertz CT molecular complexity index is 1830. The summed E-state index contributed by atoms with van der Waals surface area (Å²) in [5.41, 5.74) is 10.2. The second-order valence-electron chi connectivity index (χ2n) is 20.5. The van der Waals surface area contributed by atoms with Gasteiger partial charge in [0.25, 0.3) is 0 Å². The molecule has 4 aromatic carbocycles. The van der Waals surface area contributed by atoms with Crippen molar-refractivity contribution in [3.8, 4) is 22.3 Å². The highest BCUT2D eigenvalue weighted by Crippen LogP contribution is 2.59. The molecule has 0 heterocycles. The number of hydrogen-bond acceptors (Lipinski definition) is 4. The fourth-order valence-electron chi connectivity index (χ4n) is 8.95. The van der Waals surface area contributed by atoms with Crippen LogP contribution in [-0.2, 0) is 40.1 Å². The average Bonchev–Trinajstić information content (AvgIpc) is 3.01. The minimum atomic E-state index is -1.89. The van der Waals surface area contributed by atoms with Gasteiger partial charge in [-0.25, -0.2) is 0 Å². The van der Waals surface area contributed by atoms with E-state index < -0.39 is 55.7 Å². The topological polar surface area (TPSA) is 36.9 Å². The van der Waals surface area contributed by atoms with E-state index in [9.17, 15) is 0 Å². The quantitative estimate of drug-likeness (QED) is 0.165. The zero-order chi connectivity index (χ0) is 42.2. The van der Waals surface area contributed by atoms with Crippen molar-refractivity contribution in [1.29, 1.82) is 0 Å². The van der Waals surface area contributed by atoms with Crippen LogP contribution in [0.3, 0.4) is 0 Å². The van der Waals surface area contributed by atoms with Crippen LogP contribution in [-0.4, -0.2) is 33.3 Å². The van der Waals surface area contributed by atoms with Crippen LogP contribution in [0.15, 0.2) is 81.7 Å². The zero-order valence-electron chi connectivity index (χ0n) is 37.3. The lowest BCUT2D eigenvalue weighted by Crippen LogP contribution is -2.58. The average molecular weight is 955 g/mol. The molecule has 0 saturated carbocycles. The van der Waals surface area contributed by atoms with E-state index in [0.717, 1.165) is 8.95 Å². The first-order valence-corrected chi connectivity index (χ1v) is 35.2. The Morgan fingerprint density at radius 2 is 0.571 bits per heavy atom. The van der Waals surface area contributed by atoms with Crippen molar-refractivity contribution in [1.82, 2.24) is 0 Å². The third kappa shape index (κ3) is 9.00. The number of aryl methyl sites for hydroxylation is 2. The maximum Gasteiger partial charge on any atom is 0.185 e. The summed E-state index contributed by atoms with van der Waals surface area (Å²) < 4.78 is 30.2. The van der Waals surface area contributed by atoms with Crippen molar-refractivity contribution >= 4 is 65.1 Å². The number of rotatable bonds is 8. The maximum atomic E-state index is 7.04. The fourth-order valence-corrected chi connectivity index (χ4v) is 15.8. The molecule has 2 aliphatic rings. The monoisotopic (exact) mass is 952 g/mol. The van der Waals surface area contributed by atoms with Crippen LogP contribution in [0, 0.1) is 13.8 Å². The summed E-state index contributed by atoms with van der Waals surface area (Å²) in [7, 11) is -7.52. The van der Waals surface area contributed by atoms with Crippen molar-refractivity contribution in [3.05, 3.63) is 115 Å². The van der Waals surface area contributed by atoms with Gasteiger partial charge in [-0.05, 0) is 189 Å². The Morgan fingerprint density at radius 1 is 0.357 bits per heavy atom. The highest BCUT2D eigenvalue weighted by atomic mass is 79.9. The third-order valence-corrected chi connectivity index (χ3v) is 15.9. The standard InChI is InChI=1S/C24H36O2Si2.C22H30Br2O2Si2/c1-17-11-13-19-20-14-12-18(2)16-22(20)24(4,26-28(8,9)10)23(3,21(19)15-17)25-27(5,6)7;1-21(25-27(3,4)5)19-13-15(23)9-11-17(19)18-12-10-16(24)14-20(18)22(21,2)26-28(6,7)8/h11-16H,1-10H3;9-14H,1-8H3. The Kier molecular flexibility index (Phi) is 12.4. The van der Waals surface area contributed by atoms with Gasteiger partial charge in [-0.15, -0.1) is 0 Å². The van der Waals surface area contributed by atoms with Crippen LogP contribution in [0.1, 0.15) is 61.1 Å². The van der Waals surface area contributed by atoms with Crippen molar-refractivity contribution < 1.29 is 17.7 Å². The molecule has 56 heavy (non-hydrogen) atoms. The molecule has 6 rings (SSSR count). The third-order valence-electron chi connectivity index (χ3n) is 10.8. The summed E-state index contributed by atoms with van der Waals surface area (Å²) in [5.74, 6) is 0. The highest BCUT2D eigenvalue weighted by molar-refractivity contribution is 9.10. The molecule has 304 valence electrons. The molecule has 0 amide bonds. The predicted molar refractivity (Wildman–Crippen MR) is 256 cm³/mol. The number of halogens is 2. The van der Waals surface area contributed by atoms with Crippen LogP contribution in [0.5, 0.6) is 0 Å². The van der Waals surface area contributed by atoms with Gasteiger partial charge >= 0.3 is 0 Å². The number of hydrogen-bond donors (Lipinski definition) is 0. The molecule has 4 unspecified atom stereocenters. The molecule has 0 N–H and O–H groups in total.